The number of benzene rings is 2. The zero-order valence-electron chi connectivity index (χ0n) is 16.6. The third-order valence-electron chi connectivity index (χ3n) is 4.92. The minimum Gasteiger partial charge on any atom is -0.334 e. The molecule has 0 saturated heterocycles. The quantitative estimate of drug-likeness (QED) is 0.861. The molecular formula is C22H27N3O2. The SMILES string of the molecule is CC(C)N(C(=O)c1ccccc1-c1ccc2c(c1)CN(C)C(=O)N2)C(C)C. The highest BCUT2D eigenvalue weighted by Crippen LogP contribution is 2.31. The number of fused-ring (bicyclic) bond motifs is 1. The Labute approximate surface area is 161 Å². The molecule has 27 heavy (non-hydrogen) atoms. The highest BCUT2D eigenvalue weighted by molar-refractivity contribution is 6.01. The molecule has 0 spiro atoms. The van der Waals surface area contributed by atoms with Crippen LogP contribution in [0.3, 0.4) is 0 Å². The van der Waals surface area contributed by atoms with E-state index >= 15 is 0 Å². The number of hydrogen-bond donors (Lipinski definition) is 1. The molecule has 0 unspecified atom stereocenters. The van der Waals surface area contributed by atoms with Crippen molar-refractivity contribution in [2.24, 2.45) is 0 Å². The molecule has 2 aromatic carbocycles. The van der Waals surface area contributed by atoms with Crippen molar-refractivity contribution >= 4 is 17.6 Å². The molecule has 0 fully saturated rings. The highest BCUT2D eigenvalue weighted by atomic mass is 16.2. The Balaban J connectivity index is 2.03. The smallest absolute Gasteiger partial charge is 0.321 e. The number of nitrogens with zero attached hydrogens (tertiary/aromatic N) is 2. The first-order chi connectivity index (χ1) is 12.8. The van der Waals surface area contributed by atoms with Gasteiger partial charge in [0.2, 0.25) is 0 Å². The van der Waals surface area contributed by atoms with E-state index in [4.69, 9.17) is 0 Å². The predicted molar refractivity (Wildman–Crippen MR) is 109 cm³/mol. The van der Waals surface area contributed by atoms with E-state index < -0.39 is 0 Å². The van der Waals surface area contributed by atoms with Crippen LogP contribution in [-0.2, 0) is 6.54 Å². The summed E-state index contributed by atoms with van der Waals surface area (Å²) < 4.78 is 0. The number of rotatable bonds is 4. The molecule has 2 aromatic rings. The van der Waals surface area contributed by atoms with Gasteiger partial charge in [0.1, 0.15) is 0 Å². The molecule has 3 rings (SSSR count). The van der Waals surface area contributed by atoms with Crippen LogP contribution in [0.15, 0.2) is 42.5 Å². The normalized spacial score (nSPS) is 13.6. The van der Waals surface area contributed by atoms with Crippen LogP contribution in [-0.4, -0.2) is 40.9 Å². The predicted octanol–water partition coefficient (Wildman–Crippen LogP) is 4.59. The van der Waals surface area contributed by atoms with Crippen molar-refractivity contribution in [2.75, 3.05) is 12.4 Å². The van der Waals surface area contributed by atoms with Crippen LogP contribution in [0.25, 0.3) is 11.1 Å². The van der Waals surface area contributed by atoms with Crippen molar-refractivity contribution in [3.8, 4) is 11.1 Å². The summed E-state index contributed by atoms with van der Waals surface area (Å²) in [5.74, 6) is 0.0405. The van der Waals surface area contributed by atoms with E-state index in [0.717, 1.165) is 22.4 Å². The second-order valence-corrected chi connectivity index (χ2v) is 7.60. The zero-order chi connectivity index (χ0) is 19.7. The molecule has 0 aromatic heterocycles. The van der Waals surface area contributed by atoms with Gasteiger partial charge in [0, 0.05) is 36.9 Å². The molecular weight excluding hydrogens is 338 g/mol. The van der Waals surface area contributed by atoms with Crippen molar-refractivity contribution in [3.63, 3.8) is 0 Å². The van der Waals surface area contributed by atoms with Crippen LogP contribution in [0.1, 0.15) is 43.6 Å². The summed E-state index contributed by atoms with van der Waals surface area (Å²) in [4.78, 5) is 28.6. The number of hydrogen-bond acceptors (Lipinski definition) is 2. The minimum atomic E-state index is -0.102. The summed E-state index contributed by atoms with van der Waals surface area (Å²) in [7, 11) is 1.77. The first kappa shape index (κ1) is 19.0. The van der Waals surface area contributed by atoms with E-state index in [0.29, 0.717) is 12.1 Å². The molecule has 1 N–H and O–H groups in total. The van der Waals surface area contributed by atoms with Crippen LogP contribution in [0, 0.1) is 0 Å². The lowest BCUT2D eigenvalue weighted by atomic mass is 9.95. The second-order valence-electron chi connectivity index (χ2n) is 7.60. The van der Waals surface area contributed by atoms with Gasteiger partial charge in [-0.15, -0.1) is 0 Å². The maximum Gasteiger partial charge on any atom is 0.321 e. The van der Waals surface area contributed by atoms with Crippen molar-refractivity contribution in [3.05, 3.63) is 53.6 Å². The summed E-state index contributed by atoms with van der Waals surface area (Å²) in [6.07, 6.45) is 0. The number of nitrogens with one attached hydrogen (secondary N) is 1. The molecule has 0 aliphatic carbocycles. The fraction of sp³-hybridized carbons (Fsp3) is 0.364. The maximum absolute atomic E-state index is 13.3. The third-order valence-corrected chi connectivity index (χ3v) is 4.92. The Bertz CT molecular complexity index is 866. The molecule has 1 aliphatic heterocycles. The van der Waals surface area contributed by atoms with Gasteiger partial charge in [0.05, 0.1) is 0 Å². The van der Waals surface area contributed by atoms with Gasteiger partial charge in [-0.3, -0.25) is 4.79 Å². The average molecular weight is 365 g/mol. The van der Waals surface area contributed by atoms with Crippen molar-refractivity contribution in [1.29, 1.82) is 0 Å². The van der Waals surface area contributed by atoms with E-state index in [1.165, 1.54) is 0 Å². The Hall–Kier alpha value is -2.82. The summed E-state index contributed by atoms with van der Waals surface area (Å²) in [6, 6.07) is 13.8. The molecule has 1 aliphatic rings. The van der Waals surface area contributed by atoms with Gasteiger partial charge in [-0.05, 0) is 62.6 Å². The lowest BCUT2D eigenvalue weighted by Gasteiger charge is -2.31. The van der Waals surface area contributed by atoms with Crippen LogP contribution < -0.4 is 5.32 Å². The van der Waals surface area contributed by atoms with E-state index in [1.807, 2.05) is 69.0 Å². The molecule has 0 bridgehead atoms. The summed E-state index contributed by atoms with van der Waals surface area (Å²) in [5, 5.41) is 2.89. The lowest BCUT2D eigenvalue weighted by molar-refractivity contribution is 0.0644. The van der Waals surface area contributed by atoms with E-state index in [2.05, 4.69) is 11.4 Å². The maximum atomic E-state index is 13.3. The molecule has 3 amide bonds. The monoisotopic (exact) mass is 365 g/mol. The van der Waals surface area contributed by atoms with Gasteiger partial charge in [-0.1, -0.05) is 24.3 Å². The molecule has 0 atom stereocenters. The Morgan fingerprint density at radius 1 is 1.07 bits per heavy atom. The van der Waals surface area contributed by atoms with Gasteiger partial charge in [-0.25, -0.2) is 4.79 Å². The summed E-state index contributed by atoms with van der Waals surface area (Å²) in [6.45, 7) is 8.71. The van der Waals surface area contributed by atoms with Gasteiger partial charge in [0.25, 0.3) is 5.91 Å². The summed E-state index contributed by atoms with van der Waals surface area (Å²) in [5.41, 5.74) is 4.47. The Morgan fingerprint density at radius 3 is 2.41 bits per heavy atom. The Kier molecular flexibility index (Phi) is 5.22. The van der Waals surface area contributed by atoms with Crippen molar-refractivity contribution in [2.45, 2.75) is 46.3 Å². The standard InChI is InChI=1S/C22H27N3O2/c1-14(2)25(15(3)4)21(26)19-9-7-6-8-18(19)16-10-11-20-17(12-16)13-24(5)22(27)23-20/h6-12,14-15H,13H2,1-5H3,(H,23,27). The topological polar surface area (TPSA) is 52.7 Å². The van der Waals surface area contributed by atoms with E-state index in [-0.39, 0.29) is 24.0 Å². The second kappa shape index (κ2) is 7.43. The molecule has 142 valence electrons. The van der Waals surface area contributed by atoms with Crippen LogP contribution in [0.4, 0.5) is 10.5 Å². The molecule has 1 heterocycles. The Morgan fingerprint density at radius 2 is 1.74 bits per heavy atom. The van der Waals surface area contributed by atoms with Gasteiger partial charge in [-0.2, -0.15) is 0 Å². The fourth-order valence-corrected chi connectivity index (χ4v) is 3.68. The van der Waals surface area contributed by atoms with Crippen molar-refractivity contribution < 1.29 is 9.59 Å². The van der Waals surface area contributed by atoms with Crippen molar-refractivity contribution in [1.82, 2.24) is 9.80 Å². The minimum absolute atomic E-state index is 0.0405. The van der Waals surface area contributed by atoms with Gasteiger partial charge < -0.3 is 15.1 Å². The van der Waals surface area contributed by atoms with Crippen LogP contribution >= 0.6 is 0 Å². The zero-order valence-corrected chi connectivity index (χ0v) is 16.6. The lowest BCUT2D eigenvalue weighted by Crippen LogP contribution is -2.42. The molecule has 0 saturated carbocycles. The first-order valence-electron chi connectivity index (χ1n) is 9.36. The highest BCUT2D eigenvalue weighted by Gasteiger charge is 2.25. The van der Waals surface area contributed by atoms with Crippen LogP contribution in [0.2, 0.25) is 0 Å². The number of urea groups is 1. The van der Waals surface area contributed by atoms with Gasteiger partial charge >= 0.3 is 6.03 Å². The molecule has 5 nitrogen and oxygen atoms in total. The molecule has 5 heteroatoms. The first-order valence-corrected chi connectivity index (χ1v) is 9.36. The number of anilines is 1. The number of amides is 3. The largest absolute Gasteiger partial charge is 0.334 e. The number of carbonyl (C=O) groups is 2. The van der Waals surface area contributed by atoms with E-state index in [1.54, 1.807) is 11.9 Å². The third kappa shape index (κ3) is 3.68. The fourth-order valence-electron chi connectivity index (χ4n) is 3.68. The summed E-state index contributed by atoms with van der Waals surface area (Å²) >= 11 is 0. The van der Waals surface area contributed by atoms with E-state index in [9.17, 15) is 9.59 Å². The average Bonchev–Trinajstić information content (AvgIpc) is 2.61. The van der Waals surface area contributed by atoms with Gasteiger partial charge in [0.15, 0.2) is 0 Å². The molecule has 0 radical (unpaired) electrons. The number of carbonyl (C=O) groups excluding carboxylic acids is 2. The van der Waals surface area contributed by atoms with Crippen LogP contribution in [0.5, 0.6) is 0 Å².